The van der Waals surface area contributed by atoms with Crippen LogP contribution in [0.1, 0.15) is 46.6 Å². The standard InChI is InChI=1S/C32H40N10O3/c1-21(2)13-23(16-35-31(44)45-32(3,4)5)30(43)41-11-9-40(10-12-41)27-8-7-22(15-34-27)28-29-24(14-33)17-37-42(29)20-26(38-28)25-18-36-39(6)19-25/h7-8,15,17-21,23H,9-13,16H2,1-6H3,(H,35,44)/t23-/m0/s1. The van der Waals surface area contributed by atoms with E-state index in [-0.39, 0.29) is 18.4 Å². The molecule has 0 radical (unpaired) electrons. The zero-order chi connectivity index (χ0) is 32.3. The highest BCUT2D eigenvalue weighted by atomic mass is 16.6. The Labute approximate surface area is 262 Å². The first-order chi connectivity index (χ1) is 21.4. The molecule has 1 saturated heterocycles. The van der Waals surface area contributed by atoms with E-state index >= 15 is 0 Å². The van der Waals surface area contributed by atoms with Gasteiger partial charge < -0.3 is 19.9 Å². The SMILES string of the molecule is CC(C)C[C@@H](CNC(=O)OC(C)(C)C)C(=O)N1CCN(c2ccc(-c3nc(-c4cnn(C)c4)cn4ncc(C#N)c34)cn2)CC1. The summed E-state index contributed by atoms with van der Waals surface area (Å²) in [5.41, 5.74) is 3.32. The average Bonchev–Trinajstić information content (AvgIpc) is 3.63. The van der Waals surface area contributed by atoms with Crippen LogP contribution >= 0.6 is 0 Å². The number of fused-ring (bicyclic) bond motifs is 1. The van der Waals surface area contributed by atoms with Crippen molar-refractivity contribution in [2.45, 2.75) is 46.6 Å². The number of amides is 2. The number of nitrogens with one attached hydrogen (secondary N) is 1. The van der Waals surface area contributed by atoms with Gasteiger partial charge in [0.2, 0.25) is 5.91 Å². The van der Waals surface area contributed by atoms with Gasteiger partial charge in [0.15, 0.2) is 0 Å². The van der Waals surface area contributed by atoms with Crippen molar-refractivity contribution in [2.75, 3.05) is 37.6 Å². The number of carbonyl (C=O) groups is 2. The quantitative estimate of drug-likeness (QED) is 0.313. The number of aromatic nitrogens is 6. The van der Waals surface area contributed by atoms with Crippen LogP contribution in [0.25, 0.3) is 28.0 Å². The van der Waals surface area contributed by atoms with Crippen molar-refractivity contribution >= 4 is 23.3 Å². The Morgan fingerprint density at radius 2 is 1.80 bits per heavy atom. The zero-order valence-electron chi connectivity index (χ0n) is 26.7. The van der Waals surface area contributed by atoms with Gasteiger partial charge in [-0.2, -0.15) is 15.5 Å². The Balaban J connectivity index is 1.27. The number of anilines is 1. The highest BCUT2D eigenvalue weighted by Gasteiger charge is 2.29. The third kappa shape index (κ3) is 7.39. The Bertz CT molecular complexity index is 1700. The van der Waals surface area contributed by atoms with E-state index in [1.54, 1.807) is 27.8 Å². The summed E-state index contributed by atoms with van der Waals surface area (Å²) in [6.45, 7) is 12.2. The Kier molecular flexibility index (Phi) is 9.04. The first kappa shape index (κ1) is 31.4. The molecule has 5 rings (SSSR count). The van der Waals surface area contributed by atoms with Crippen molar-refractivity contribution in [3.05, 3.63) is 48.7 Å². The Hall–Kier alpha value is -4.99. The molecule has 0 saturated carbocycles. The average molecular weight is 613 g/mol. The molecule has 0 aliphatic carbocycles. The number of alkyl carbamates (subject to hydrolysis) is 1. The summed E-state index contributed by atoms with van der Waals surface area (Å²) in [6, 6.07) is 6.10. The first-order valence-electron chi connectivity index (χ1n) is 15.2. The van der Waals surface area contributed by atoms with Crippen LogP contribution in [0.3, 0.4) is 0 Å². The van der Waals surface area contributed by atoms with Crippen molar-refractivity contribution in [3.8, 4) is 28.6 Å². The van der Waals surface area contributed by atoms with Gasteiger partial charge in [0.25, 0.3) is 0 Å². The molecule has 0 spiro atoms. The highest BCUT2D eigenvalue weighted by Crippen LogP contribution is 2.29. The molecule has 13 nitrogen and oxygen atoms in total. The van der Waals surface area contributed by atoms with Crippen molar-refractivity contribution in [2.24, 2.45) is 18.9 Å². The van der Waals surface area contributed by atoms with Crippen LogP contribution in [0.4, 0.5) is 10.6 Å². The predicted octanol–water partition coefficient (Wildman–Crippen LogP) is 3.90. The fourth-order valence-corrected chi connectivity index (χ4v) is 5.48. The van der Waals surface area contributed by atoms with Crippen LogP contribution in [0, 0.1) is 23.2 Å². The minimum absolute atomic E-state index is 0.0420. The molecule has 13 heteroatoms. The predicted molar refractivity (Wildman–Crippen MR) is 169 cm³/mol. The molecule has 1 aliphatic heterocycles. The molecule has 0 unspecified atom stereocenters. The molecule has 4 aromatic heterocycles. The maximum absolute atomic E-state index is 13.5. The number of carbonyl (C=O) groups excluding carboxylic acids is 2. The lowest BCUT2D eigenvalue weighted by molar-refractivity contribution is -0.136. The molecular weight excluding hydrogens is 572 g/mol. The normalized spacial score (nSPS) is 14.4. The second-order valence-electron chi connectivity index (χ2n) is 12.8. The highest BCUT2D eigenvalue weighted by molar-refractivity contribution is 5.83. The molecule has 1 atom stereocenters. The van der Waals surface area contributed by atoms with Gasteiger partial charge in [0, 0.05) is 63.3 Å². The molecule has 1 aliphatic rings. The molecule has 5 heterocycles. The van der Waals surface area contributed by atoms with E-state index < -0.39 is 11.7 Å². The van der Waals surface area contributed by atoms with E-state index in [4.69, 9.17) is 14.7 Å². The van der Waals surface area contributed by atoms with Crippen molar-refractivity contribution < 1.29 is 14.3 Å². The second-order valence-corrected chi connectivity index (χ2v) is 12.8. The minimum Gasteiger partial charge on any atom is -0.444 e. The lowest BCUT2D eigenvalue weighted by atomic mass is 9.95. The number of nitrogens with zero attached hydrogens (tertiary/aromatic N) is 9. The molecule has 1 N–H and O–H groups in total. The van der Waals surface area contributed by atoms with E-state index in [9.17, 15) is 14.9 Å². The number of piperazine rings is 1. The van der Waals surface area contributed by atoms with Gasteiger partial charge in [-0.15, -0.1) is 0 Å². The van der Waals surface area contributed by atoms with E-state index in [1.165, 1.54) is 6.20 Å². The zero-order valence-corrected chi connectivity index (χ0v) is 26.7. The summed E-state index contributed by atoms with van der Waals surface area (Å²) < 4.78 is 8.74. The smallest absolute Gasteiger partial charge is 0.407 e. The van der Waals surface area contributed by atoms with Gasteiger partial charge in [0.1, 0.15) is 28.6 Å². The number of rotatable bonds is 8. The molecule has 236 valence electrons. The summed E-state index contributed by atoms with van der Waals surface area (Å²) in [7, 11) is 1.84. The fourth-order valence-electron chi connectivity index (χ4n) is 5.48. The van der Waals surface area contributed by atoms with Gasteiger partial charge >= 0.3 is 6.09 Å². The fraction of sp³-hybridized carbons (Fsp3) is 0.469. The van der Waals surface area contributed by atoms with Crippen LogP contribution in [0.15, 0.2) is 43.1 Å². The lowest BCUT2D eigenvalue weighted by Crippen LogP contribution is -2.52. The molecule has 1 fully saturated rings. The van der Waals surface area contributed by atoms with Crippen molar-refractivity contribution in [1.29, 1.82) is 5.26 Å². The summed E-state index contributed by atoms with van der Waals surface area (Å²) >= 11 is 0. The van der Waals surface area contributed by atoms with E-state index in [1.807, 2.05) is 51.0 Å². The van der Waals surface area contributed by atoms with Gasteiger partial charge in [0.05, 0.1) is 35.9 Å². The van der Waals surface area contributed by atoms with Crippen molar-refractivity contribution in [1.82, 2.24) is 39.6 Å². The number of hydrogen-bond donors (Lipinski definition) is 1. The minimum atomic E-state index is -0.601. The monoisotopic (exact) mass is 612 g/mol. The number of hydrogen-bond acceptors (Lipinski definition) is 9. The summed E-state index contributed by atoms with van der Waals surface area (Å²) in [5.74, 6) is 0.816. The number of aryl methyl sites for hydroxylation is 1. The van der Waals surface area contributed by atoms with Gasteiger partial charge in [-0.3, -0.25) is 9.48 Å². The van der Waals surface area contributed by atoms with Gasteiger partial charge in [-0.25, -0.2) is 19.3 Å². The van der Waals surface area contributed by atoms with E-state index in [0.717, 1.165) is 16.9 Å². The number of pyridine rings is 1. The third-order valence-electron chi connectivity index (χ3n) is 7.55. The molecule has 0 aromatic carbocycles. The maximum atomic E-state index is 13.5. The van der Waals surface area contributed by atoms with Crippen LogP contribution in [-0.2, 0) is 16.6 Å². The third-order valence-corrected chi connectivity index (χ3v) is 7.55. The Morgan fingerprint density at radius 3 is 2.40 bits per heavy atom. The van der Waals surface area contributed by atoms with Crippen LogP contribution in [0.5, 0.6) is 0 Å². The number of ether oxygens (including phenoxy) is 1. The molecule has 4 aromatic rings. The molecular formula is C32H40N10O3. The van der Waals surface area contributed by atoms with E-state index in [0.29, 0.717) is 61.0 Å². The van der Waals surface area contributed by atoms with Crippen LogP contribution < -0.4 is 10.2 Å². The molecule has 2 amide bonds. The Morgan fingerprint density at radius 1 is 1.04 bits per heavy atom. The van der Waals surface area contributed by atoms with Crippen molar-refractivity contribution in [3.63, 3.8) is 0 Å². The summed E-state index contributed by atoms with van der Waals surface area (Å²) in [6.07, 6.45) is 8.86. The van der Waals surface area contributed by atoms with Gasteiger partial charge in [-0.1, -0.05) is 13.8 Å². The summed E-state index contributed by atoms with van der Waals surface area (Å²) in [4.78, 5) is 39.4. The number of nitriles is 1. The second kappa shape index (κ2) is 12.9. The molecule has 0 bridgehead atoms. The first-order valence-corrected chi connectivity index (χ1v) is 15.2. The topological polar surface area (TPSA) is 147 Å². The largest absolute Gasteiger partial charge is 0.444 e. The van der Waals surface area contributed by atoms with Crippen LogP contribution in [-0.4, -0.2) is 84.6 Å². The maximum Gasteiger partial charge on any atom is 0.407 e. The van der Waals surface area contributed by atoms with Crippen LogP contribution in [0.2, 0.25) is 0 Å². The molecule has 45 heavy (non-hydrogen) atoms. The van der Waals surface area contributed by atoms with Gasteiger partial charge in [-0.05, 0) is 45.2 Å². The van der Waals surface area contributed by atoms with E-state index in [2.05, 4.69) is 40.3 Å². The lowest BCUT2D eigenvalue weighted by Gasteiger charge is -2.37. The summed E-state index contributed by atoms with van der Waals surface area (Å²) in [5, 5.41) is 21.1.